The van der Waals surface area contributed by atoms with Gasteiger partial charge in [-0.05, 0) is 36.1 Å². The van der Waals surface area contributed by atoms with Crippen molar-refractivity contribution < 1.29 is 9.50 Å². The fourth-order valence-corrected chi connectivity index (χ4v) is 1.76. The van der Waals surface area contributed by atoms with Gasteiger partial charge >= 0.3 is 0 Å². The normalized spacial score (nSPS) is 13.3. The molecule has 0 aliphatic carbocycles. The van der Waals surface area contributed by atoms with Gasteiger partial charge in [0.25, 0.3) is 0 Å². The molecule has 1 unspecified atom stereocenters. The molecule has 1 aromatic carbocycles. The van der Waals surface area contributed by atoms with E-state index in [9.17, 15) is 4.39 Å². The van der Waals surface area contributed by atoms with Gasteiger partial charge in [-0.3, -0.25) is 0 Å². The third-order valence-corrected chi connectivity index (χ3v) is 2.61. The molecular weight excluding hydrogens is 193 g/mol. The van der Waals surface area contributed by atoms with Crippen LogP contribution in [-0.4, -0.2) is 16.7 Å². The van der Waals surface area contributed by atoms with Crippen molar-refractivity contribution in [3.63, 3.8) is 0 Å². The summed E-state index contributed by atoms with van der Waals surface area (Å²) in [6, 6.07) is 4.71. The first-order chi connectivity index (χ1) is 7.20. The Morgan fingerprint density at radius 1 is 1.47 bits per heavy atom. The molecular formula is C12H14FNO. The Hall–Kier alpha value is -1.35. The number of hydrogen-bond donors (Lipinski definition) is 2. The SMILES string of the molecule is CC(CO)Cc1c[nH]c2ccc(F)cc12. The molecule has 2 N–H and O–H groups in total. The second kappa shape index (κ2) is 4.03. The number of halogens is 1. The number of hydrogen-bond acceptors (Lipinski definition) is 1. The molecule has 80 valence electrons. The van der Waals surface area contributed by atoms with Crippen molar-refractivity contribution in [3.8, 4) is 0 Å². The third kappa shape index (κ3) is 2.02. The van der Waals surface area contributed by atoms with E-state index in [-0.39, 0.29) is 18.3 Å². The fraction of sp³-hybridized carbons (Fsp3) is 0.333. The summed E-state index contributed by atoms with van der Waals surface area (Å²) in [6.07, 6.45) is 2.65. The standard InChI is InChI=1S/C12H14FNO/c1-8(7-15)4-9-6-14-12-3-2-10(13)5-11(9)12/h2-3,5-6,8,14-15H,4,7H2,1H3. The van der Waals surface area contributed by atoms with Crippen LogP contribution in [0.4, 0.5) is 4.39 Å². The molecule has 0 saturated heterocycles. The van der Waals surface area contributed by atoms with E-state index < -0.39 is 0 Å². The average molecular weight is 207 g/mol. The van der Waals surface area contributed by atoms with Crippen LogP contribution in [0.2, 0.25) is 0 Å². The van der Waals surface area contributed by atoms with E-state index in [0.717, 1.165) is 22.9 Å². The van der Waals surface area contributed by atoms with Crippen molar-refractivity contribution in [2.24, 2.45) is 5.92 Å². The Morgan fingerprint density at radius 2 is 2.27 bits per heavy atom. The highest BCUT2D eigenvalue weighted by Crippen LogP contribution is 2.21. The van der Waals surface area contributed by atoms with Crippen LogP contribution in [0, 0.1) is 11.7 Å². The van der Waals surface area contributed by atoms with E-state index in [1.165, 1.54) is 12.1 Å². The third-order valence-electron chi connectivity index (χ3n) is 2.61. The molecule has 0 aliphatic rings. The van der Waals surface area contributed by atoms with E-state index in [2.05, 4.69) is 4.98 Å². The lowest BCUT2D eigenvalue weighted by molar-refractivity contribution is 0.237. The number of H-pyrrole nitrogens is 1. The summed E-state index contributed by atoms with van der Waals surface area (Å²) in [7, 11) is 0. The Balaban J connectivity index is 2.39. The van der Waals surface area contributed by atoms with Crippen molar-refractivity contribution in [2.75, 3.05) is 6.61 Å². The molecule has 0 radical (unpaired) electrons. The first kappa shape index (κ1) is 10.2. The monoisotopic (exact) mass is 207 g/mol. The van der Waals surface area contributed by atoms with Gasteiger partial charge in [0.1, 0.15) is 5.82 Å². The number of fused-ring (bicyclic) bond motifs is 1. The lowest BCUT2D eigenvalue weighted by Gasteiger charge is -2.05. The predicted octanol–water partition coefficient (Wildman–Crippen LogP) is 2.48. The Labute approximate surface area is 87.7 Å². The summed E-state index contributed by atoms with van der Waals surface area (Å²) in [6.45, 7) is 2.13. The predicted molar refractivity (Wildman–Crippen MR) is 58.2 cm³/mol. The summed E-state index contributed by atoms with van der Waals surface area (Å²) >= 11 is 0. The Morgan fingerprint density at radius 3 is 3.00 bits per heavy atom. The van der Waals surface area contributed by atoms with Crippen LogP contribution in [0.5, 0.6) is 0 Å². The maximum Gasteiger partial charge on any atom is 0.123 e. The second-order valence-corrected chi connectivity index (χ2v) is 4.00. The van der Waals surface area contributed by atoms with E-state index >= 15 is 0 Å². The molecule has 0 fully saturated rings. The first-order valence-corrected chi connectivity index (χ1v) is 5.07. The molecule has 2 nitrogen and oxygen atoms in total. The molecule has 0 spiro atoms. The van der Waals surface area contributed by atoms with Crippen LogP contribution in [0.3, 0.4) is 0 Å². The van der Waals surface area contributed by atoms with Crippen LogP contribution in [0.15, 0.2) is 24.4 Å². The van der Waals surface area contributed by atoms with Gasteiger partial charge in [-0.2, -0.15) is 0 Å². The number of aromatic nitrogens is 1. The lowest BCUT2D eigenvalue weighted by atomic mass is 10.0. The minimum absolute atomic E-state index is 0.155. The summed E-state index contributed by atoms with van der Waals surface area (Å²) in [5, 5.41) is 9.89. The van der Waals surface area contributed by atoms with Crippen molar-refractivity contribution in [1.29, 1.82) is 0 Å². The van der Waals surface area contributed by atoms with Gasteiger partial charge in [-0.15, -0.1) is 0 Å². The molecule has 1 aromatic heterocycles. The van der Waals surface area contributed by atoms with Crippen molar-refractivity contribution in [2.45, 2.75) is 13.3 Å². The number of aliphatic hydroxyl groups is 1. The molecule has 1 heterocycles. The van der Waals surface area contributed by atoms with E-state index in [0.29, 0.717) is 0 Å². The minimum Gasteiger partial charge on any atom is -0.396 e. The average Bonchev–Trinajstić information content (AvgIpc) is 2.61. The van der Waals surface area contributed by atoms with E-state index in [4.69, 9.17) is 5.11 Å². The van der Waals surface area contributed by atoms with Crippen LogP contribution in [0.25, 0.3) is 10.9 Å². The molecule has 1 atom stereocenters. The van der Waals surface area contributed by atoms with E-state index in [1.807, 2.05) is 13.1 Å². The van der Waals surface area contributed by atoms with Crippen molar-refractivity contribution in [3.05, 3.63) is 35.8 Å². The molecule has 0 saturated carbocycles. The minimum atomic E-state index is -0.222. The number of aliphatic hydroxyl groups excluding tert-OH is 1. The van der Waals surface area contributed by atoms with Gasteiger partial charge < -0.3 is 10.1 Å². The smallest absolute Gasteiger partial charge is 0.123 e. The number of aromatic amines is 1. The van der Waals surface area contributed by atoms with Gasteiger partial charge in [0.05, 0.1) is 0 Å². The van der Waals surface area contributed by atoms with Crippen LogP contribution in [0.1, 0.15) is 12.5 Å². The van der Waals surface area contributed by atoms with Crippen LogP contribution < -0.4 is 0 Å². The Kier molecular flexibility index (Phi) is 2.73. The highest BCUT2D eigenvalue weighted by atomic mass is 19.1. The lowest BCUT2D eigenvalue weighted by Crippen LogP contribution is -2.03. The summed E-state index contributed by atoms with van der Waals surface area (Å²) < 4.78 is 13.1. The fourth-order valence-electron chi connectivity index (χ4n) is 1.76. The zero-order valence-electron chi connectivity index (χ0n) is 8.63. The maximum atomic E-state index is 13.1. The summed E-state index contributed by atoms with van der Waals surface area (Å²) in [5.74, 6) is -0.0210. The highest BCUT2D eigenvalue weighted by molar-refractivity contribution is 5.83. The zero-order chi connectivity index (χ0) is 10.8. The topological polar surface area (TPSA) is 36.0 Å². The molecule has 0 bridgehead atoms. The van der Waals surface area contributed by atoms with Gasteiger partial charge in [-0.1, -0.05) is 6.92 Å². The molecule has 0 amide bonds. The highest BCUT2D eigenvalue weighted by Gasteiger charge is 2.08. The summed E-state index contributed by atoms with van der Waals surface area (Å²) in [5.41, 5.74) is 2.00. The number of rotatable bonds is 3. The van der Waals surface area contributed by atoms with Gasteiger partial charge in [-0.25, -0.2) is 4.39 Å². The van der Waals surface area contributed by atoms with Gasteiger partial charge in [0, 0.05) is 23.7 Å². The maximum absolute atomic E-state index is 13.1. The van der Waals surface area contributed by atoms with Crippen LogP contribution >= 0.6 is 0 Å². The van der Waals surface area contributed by atoms with Crippen LogP contribution in [-0.2, 0) is 6.42 Å². The van der Waals surface area contributed by atoms with Gasteiger partial charge in [0.15, 0.2) is 0 Å². The second-order valence-electron chi connectivity index (χ2n) is 4.00. The molecule has 3 heteroatoms. The molecule has 2 rings (SSSR count). The molecule has 2 aromatic rings. The van der Waals surface area contributed by atoms with E-state index in [1.54, 1.807) is 6.07 Å². The van der Waals surface area contributed by atoms with Gasteiger partial charge in [0.2, 0.25) is 0 Å². The largest absolute Gasteiger partial charge is 0.396 e. The Bertz CT molecular complexity index is 464. The van der Waals surface area contributed by atoms with Crippen molar-refractivity contribution in [1.82, 2.24) is 4.98 Å². The quantitative estimate of drug-likeness (QED) is 0.797. The number of nitrogens with one attached hydrogen (secondary N) is 1. The number of benzene rings is 1. The molecule has 0 aliphatic heterocycles. The first-order valence-electron chi connectivity index (χ1n) is 5.07. The molecule has 15 heavy (non-hydrogen) atoms. The summed E-state index contributed by atoms with van der Waals surface area (Å²) in [4.78, 5) is 3.10. The zero-order valence-corrected chi connectivity index (χ0v) is 8.63. The van der Waals surface area contributed by atoms with Crippen molar-refractivity contribution >= 4 is 10.9 Å².